The molecule has 1 aliphatic rings. The van der Waals surface area contributed by atoms with Gasteiger partial charge in [0, 0.05) is 20.1 Å². The van der Waals surface area contributed by atoms with E-state index >= 15 is 0 Å². The zero-order valence-corrected chi connectivity index (χ0v) is 15.6. The molecule has 2 atom stereocenters. The third-order valence-corrected chi connectivity index (χ3v) is 4.41. The molecule has 1 fully saturated rings. The fraction of sp³-hybridized carbons (Fsp3) is 0.632. The first kappa shape index (κ1) is 19.5. The number of para-hydroxylation sites is 1. The lowest BCUT2D eigenvalue weighted by molar-refractivity contribution is 0.214. The van der Waals surface area contributed by atoms with Gasteiger partial charge in [-0.05, 0) is 50.9 Å². The van der Waals surface area contributed by atoms with Crippen molar-refractivity contribution >= 4 is 5.96 Å². The van der Waals surface area contributed by atoms with Gasteiger partial charge in [-0.25, -0.2) is 4.39 Å². The number of ether oxygens (including phenoxy) is 1. The first-order valence-corrected chi connectivity index (χ1v) is 9.20. The predicted molar refractivity (Wildman–Crippen MR) is 101 cm³/mol. The van der Waals surface area contributed by atoms with E-state index in [1.165, 1.54) is 32.0 Å². The molecule has 2 N–H and O–H groups in total. The van der Waals surface area contributed by atoms with Crippen LogP contribution in [-0.4, -0.2) is 56.7 Å². The van der Waals surface area contributed by atoms with E-state index in [9.17, 15) is 4.39 Å². The number of hydrogen-bond donors (Lipinski definition) is 2. The van der Waals surface area contributed by atoms with Crippen molar-refractivity contribution in [3.63, 3.8) is 0 Å². The van der Waals surface area contributed by atoms with Gasteiger partial charge in [0.15, 0.2) is 17.5 Å². The van der Waals surface area contributed by atoms with Crippen molar-refractivity contribution in [3.05, 3.63) is 30.1 Å². The highest BCUT2D eigenvalue weighted by Gasteiger charge is 2.21. The molecule has 1 aromatic rings. The summed E-state index contributed by atoms with van der Waals surface area (Å²) in [7, 11) is 1.76. The summed E-state index contributed by atoms with van der Waals surface area (Å²) >= 11 is 0. The number of hydrogen-bond acceptors (Lipinski definition) is 3. The van der Waals surface area contributed by atoms with E-state index in [1.54, 1.807) is 25.2 Å². The molecular weight excluding hydrogens is 319 g/mol. The molecule has 2 unspecified atom stereocenters. The molecule has 1 aliphatic heterocycles. The number of benzene rings is 1. The van der Waals surface area contributed by atoms with Gasteiger partial charge in [0.05, 0.1) is 6.54 Å². The summed E-state index contributed by atoms with van der Waals surface area (Å²) in [6.45, 7) is 9.15. The first-order chi connectivity index (χ1) is 12.1. The maximum absolute atomic E-state index is 13.6. The normalized spacial score (nSPS) is 19.7. The van der Waals surface area contributed by atoms with Crippen LogP contribution in [0.3, 0.4) is 0 Å². The number of nitrogens with one attached hydrogen (secondary N) is 2. The zero-order chi connectivity index (χ0) is 18.1. The van der Waals surface area contributed by atoms with Crippen LogP contribution in [0.5, 0.6) is 5.75 Å². The highest BCUT2D eigenvalue weighted by atomic mass is 19.1. The molecule has 140 valence electrons. The van der Waals surface area contributed by atoms with Crippen LogP contribution >= 0.6 is 0 Å². The predicted octanol–water partition coefficient (Wildman–Crippen LogP) is 2.49. The van der Waals surface area contributed by atoms with Crippen LogP contribution in [0.2, 0.25) is 0 Å². The SMILES string of the molecule is CCCN1CCC(CNC(=NC)NCC(C)Oc2ccccc2F)C1. The summed E-state index contributed by atoms with van der Waals surface area (Å²) in [4.78, 5) is 6.77. The standard InChI is InChI=1S/C19H31FN4O/c1-4-10-24-11-9-16(14-24)13-23-19(21-3)22-12-15(2)25-18-8-6-5-7-17(18)20/h5-8,15-16H,4,9-14H2,1-3H3,(H2,21,22,23). The zero-order valence-electron chi connectivity index (χ0n) is 15.6. The average molecular weight is 350 g/mol. The maximum Gasteiger partial charge on any atom is 0.191 e. The Bertz CT molecular complexity index is 552. The van der Waals surface area contributed by atoms with Crippen LogP contribution in [0.1, 0.15) is 26.7 Å². The van der Waals surface area contributed by atoms with Crippen molar-refractivity contribution in [1.82, 2.24) is 15.5 Å². The smallest absolute Gasteiger partial charge is 0.191 e. The van der Waals surface area contributed by atoms with Gasteiger partial charge in [-0.15, -0.1) is 0 Å². The number of nitrogens with zero attached hydrogens (tertiary/aromatic N) is 2. The van der Waals surface area contributed by atoms with Crippen LogP contribution in [0.25, 0.3) is 0 Å². The van der Waals surface area contributed by atoms with Gasteiger partial charge >= 0.3 is 0 Å². The number of likely N-dealkylation sites (tertiary alicyclic amines) is 1. The third kappa shape index (κ3) is 6.53. The molecule has 0 bridgehead atoms. The molecule has 1 aromatic carbocycles. The Morgan fingerprint density at radius 1 is 1.40 bits per heavy atom. The molecule has 2 rings (SSSR count). The molecular formula is C19H31FN4O. The summed E-state index contributed by atoms with van der Waals surface area (Å²) in [5.74, 6) is 1.37. The van der Waals surface area contributed by atoms with Gasteiger partial charge in [-0.3, -0.25) is 4.99 Å². The van der Waals surface area contributed by atoms with Crippen molar-refractivity contribution in [3.8, 4) is 5.75 Å². The second-order valence-corrected chi connectivity index (χ2v) is 6.65. The van der Waals surface area contributed by atoms with E-state index < -0.39 is 0 Å². The monoisotopic (exact) mass is 350 g/mol. The molecule has 0 spiro atoms. The van der Waals surface area contributed by atoms with E-state index in [2.05, 4.69) is 27.4 Å². The van der Waals surface area contributed by atoms with Crippen LogP contribution < -0.4 is 15.4 Å². The Hall–Kier alpha value is -1.82. The van der Waals surface area contributed by atoms with Crippen molar-refractivity contribution in [1.29, 1.82) is 0 Å². The second kappa shape index (κ2) is 10.2. The highest BCUT2D eigenvalue weighted by Crippen LogP contribution is 2.17. The molecule has 1 saturated heterocycles. The molecule has 0 radical (unpaired) electrons. The Morgan fingerprint density at radius 2 is 2.20 bits per heavy atom. The van der Waals surface area contributed by atoms with Crippen LogP contribution in [-0.2, 0) is 0 Å². The van der Waals surface area contributed by atoms with E-state index in [1.807, 2.05) is 6.92 Å². The Kier molecular flexibility index (Phi) is 7.98. The van der Waals surface area contributed by atoms with Crippen LogP contribution in [0.15, 0.2) is 29.3 Å². The van der Waals surface area contributed by atoms with E-state index in [4.69, 9.17) is 4.74 Å². The quantitative estimate of drug-likeness (QED) is 0.559. The average Bonchev–Trinajstić information content (AvgIpc) is 3.05. The minimum atomic E-state index is -0.338. The van der Waals surface area contributed by atoms with Gasteiger partial charge in [0.25, 0.3) is 0 Å². The second-order valence-electron chi connectivity index (χ2n) is 6.65. The molecule has 25 heavy (non-hydrogen) atoms. The molecule has 0 saturated carbocycles. The summed E-state index contributed by atoms with van der Waals surface area (Å²) in [6, 6.07) is 6.46. The van der Waals surface area contributed by atoms with Crippen molar-refractivity contribution < 1.29 is 9.13 Å². The third-order valence-electron chi connectivity index (χ3n) is 4.41. The summed E-state index contributed by atoms with van der Waals surface area (Å²) in [6.07, 6.45) is 2.28. The Balaban J connectivity index is 1.69. The fourth-order valence-corrected chi connectivity index (χ4v) is 3.10. The lowest BCUT2D eigenvalue weighted by Crippen LogP contribution is -2.43. The topological polar surface area (TPSA) is 48.9 Å². The summed E-state index contributed by atoms with van der Waals surface area (Å²) in [5.41, 5.74) is 0. The van der Waals surface area contributed by atoms with E-state index in [0.717, 1.165) is 19.0 Å². The Morgan fingerprint density at radius 3 is 2.92 bits per heavy atom. The maximum atomic E-state index is 13.6. The van der Waals surface area contributed by atoms with Crippen LogP contribution in [0.4, 0.5) is 4.39 Å². The highest BCUT2D eigenvalue weighted by molar-refractivity contribution is 5.79. The van der Waals surface area contributed by atoms with Crippen molar-refractivity contribution in [2.24, 2.45) is 10.9 Å². The van der Waals surface area contributed by atoms with Crippen LogP contribution in [0, 0.1) is 11.7 Å². The largest absolute Gasteiger partial charge is 0.486 e. The number of aliphatic imine (C=N–C) groups is 1. The van der Waals surface area contributed by atoms with Gasteiger partial charge in [-0.2, -0.15) is 0 Å². The molecule has 0 aromatic heterocycles. The van der Waals surface area contributed by atoms with E-state index in [0.29, 0.717) is 12.5 Å². The van der Waals surface area contributed by atoms with E-state index in [-0.39, 0.29) is 17.7 Å². The fourth-order valence-electron chi connectivity index (χ4n) is 3.10. The number of halogens is 1. The minimum absolute atomic E-state index is 0.165. The summed E-state index contributed by atoms with van der Waals surface area (Å²) in [5, 5.41) is 6.63. The first-order valence-electron chi connectivity index (χ1n) is 9.20. The molecule has 1 heterocycles. The minimum Gasteiger partial charge on any atom is -0.486 e. The Labute approximate surface area is 150 Å². The molecule has 0 aliphatic carbocycles. The van der Waals surface area contributed by atoms with Gasteiger partial charge in [0.1, 0.15) is 6.10 Å². The molecule has 0 amide bonds. The van der Waals surface area contributed by atoms with Crippen molar-refractivity contribution in [2.75, 3.05) is 39.8 Å². The van der Waals surface area contributed by atoms with Crippen molar-refractivity contribution in [2.45, 2.75) is 32.8 Å². The van der Waals surface area contributed by atoms with Gasteiger partial charge in [0.2, 0.25) is 0 Å². The number of guanidine groups is 1. The summed E-state index contributed by atoms with van der Waals surface area (Å²) < 4.78 is 19.2. The lowest BCUT2D eigenvalue weighted by atomic mass is 10.1. The number of rotatable bonds is 8. The lowest BCUT2D eigenvalue weighted by Gasteiger charge is -2.19. The molecule has 5 nitrogen and oxygen atoms in total. The van der Waals surface area contributed by atoms with Gasteiger partial charge < -0.3 is 20.3 Å². The van der Waals surface area contributed by atoms with Gasteiger partial charge in [-0.1, -0.05) is 19.1 Å². The molecule has 6 heteroatoms.